The van der Waals surface area contributed by atoms with Gasteiger partial charge in [0.05, 0.1) is 5.25 Å². The molecule has 2 rings (SSSR count). The SMILES string of the molecule is Ic1nnc(C2CCCCS2)s1. The van der Waals surface area contributed by atoms with E-state index in [1.54, 1.807) is 11.3 Å². The number of halogens is 1. The normalized spacial score (nSPS) is 24.2. The third kappa shape index (κ3) is 2.11. The molecule has 0 spiro atoms. The van der Waals surface area contributed by atoms with Crippen molar-refractivity contribution < 1.29 is 0 Å². The molecular formula is C7H9IN2S2. The highest BCUT2D eigenvalue weighted by Crippen LogP contribution is 2.39. The third-order valence-corrected chi connectivity index (χ3v) is 5.11. The minimum Gasteiger partial charge on any atom is -0.151 e. The standard InChI is InChI=1S/C7H9IN2S2/c8-7-10-9-6(12-7)5-3-1-2-4-11-5/h5H,1-4H2. The zero-order valence-corrected chi connectivity index (χ0v) is 10.3. The van der Waals surface area contributed by atoms with E-state index in [4.69, 9.17) is 0 Å². The second-order valence-corrected chi connectivity index (χ2v) is 6.82. The van der Waals surface area contributed by atoms with Crippen LogP contribution in [-0.2, 0) is 0 Å². The Kier molecular flexibility index (Phi) is 3.25. The number of thioether (sulfide) groups is 1. The highest BCUT2D eigenvalue weighted by Gasteiger charge is 2.19. The quantitative estimate of drug-likeness (QED) is 0.745. The fourth-order valence-electron chi connectivity index (χ4n) is 1.28. The first-order valence-electron chi connectivity index (χ1n) is 3.97. The average Bonchev–Trinajstić information content (AvgIpc) is 2.54. The van der Waals surface area contributed by atoms with Crippen LogP contribution in [0, 0.1) is 3.01 Å². The van der Waals surface area contributed by atoms with Gasteiger partial charge in [0.25, 0.3) is 0 Å². The van der Waals surface area contributed by atoms with E-state index in [1.807, 2.05) is 11.8 Å². The van der Waals surface area contributed by atoms with Gasteiger partial charge in [-0.1, -0.05) is 17.8 Å². The van der Waals surface area contributed by atoms with Gasteiger partial charge in [-0.3, -0.25) is 0 Å². The van der Waals surface area contributed by atoms with Gasteiger partial charge in [-0.15, -0.1) is 10.2 Å². The Balaban J connectivity index is 2.08. The number of aromatic nitrogens is 2. The molecule has 2 nitrogen and oxygen atoms in total. The molecule has 0 aliphatic carbocycles. The van der Waals surface area contributed by atoms with Gasteiger partial charge >= 0.3 is 0 Å². The monoisotopic (exact) mass is 312 g/mol. The van der Waals surface area contributed by atoms with Gasteiger partial charge in [-0.05, 0) is 41.2 Å². The van der Waals surface area contributed by atoms with Crippen molar-refractivity contribution in [1.29, 1.82) is 0 Å². The number of hydrogen-bond donors (Lipinski definition) is 0. The predicted molar refractivity (Wildman–Crippen MR) is 61.7 cm³/mol. The number of rotatable bonds is 1. The molecule has 0 N–H and O–H groups in total. The summed E-state index contributed by atoms with van der Waals surface area (Å²) < 4.78 is 1.06. The summed E-state index contributed by atoms with van der Waals surface area (Å²) in [7, 11) is 0. The molecule has 1 atom stereocenters. The van der Waals surface area contributed by atoms with Gasteiger partial charge in [0, 0.05) is 0 Å². The summed E-state index contributed by atoms with van der Waals surface area (Å²) in [6.45, 7) is 0. The summed E-state index contributed by atoms with van der Waals surface area (Å²) in [5.41, 5.74) is 0. The van der Waals surface area contributed by atoms with E-state index in [1.165, 1.54) is 30.0 Å². The molecule has 0 saturated carbocycles. The Bertz CT molecular complexity index is 258. The Morgan fingerprint density at radius 1 is 1.33 bits per heavy atom. The Hall–Kier alpha value is 0.640. The Labute approximate surface area is 93.7 Å². The summed E-state index contributed by atoms with van der Waals surface area (Å²) in [5.74, 6) is 1.29. The van der Waals surface area contributed by atoms with Gasteiger partial charge in [0.15, 0.2) is 3.01 Å². The van der Waals surface area contributed by atoms with Crippen LogP contribution in [-0.4, -0.2) is 16.0 Å². The highest BCUT2D eigenvalue weighted by atomic mass is 127. The third-order valence-electron chi connectivity index (χ3n) is 1.87. The molecule has 1 aromatic heterocycles. The lowest BCUT2D eigenvalue weighted by molar-refractivity contribution is 0.679. The van der Waals surface area contributed by atoms with E-state index in [2.05, 4.69) is 32.8 Å². The molecule has 0 aromatic carbocycles. The van der Waals surface area contributed by atoms with E-state index in [-0.39, 0.29) is 0 Å². The molecule has 0 bridgehead atoms. The molecule has 1 saturated heterocycles. The molecule has 0 amide bonds. The van der Waals surface area contributed by atoms with Crippen LogP contribution in [0.5, 0.6) is 0 Å². The van der Waals surface area contributed by atoms with E-state index in [9.17, 15) is 0 Å². The van der Waals surface area contributed by atoms with Crippen LogP contribution in [0.2, 0.25) is 0 Å². The smallest absolute Gasteiger partial charge is 0.151 e. The first kappa shape index (κ1) is 9.21. The molecule has 12 heavy (non-hydrogen) atoms. The largest absolute Gasteiger partial charge is 0.178 e. The minimum absolute atomic E-state index is 0.639. The van der Waals surface area contributed by atoms with Gasteiger partial charge < -0.3 is 0 Å². The van der Waals surface area contributed by atoms with Crippen molar-refractivity contribution in [3.63, 3.8) is 0 Å². The molecule has 0 radical (unpaired) electrons. The lowest BCUT2D eigenvalue weighted by Crippen LogP contribution is -2.01. The van der Waals surface area contributed by atoms with E-state index in [0.717, 1.165) is 3.01 Å². The molecule has 1 unspecified atom stereocenters. The number of nitrogens with zero attached hydrogens (tertiary/aromatic N) is 2. The number of hydrogen-bond acceptors (Lipinski definition) is 4. The van der Waals surface area contributed by atoms with E-state index >= 15 is 0 Å². The zero-order chi connectivity index (χ0) is 8.39. The molecule has 5 heteroatoms. The second kappa shape index (κ2) is 4.23. The summed E-state index contributed by atoms with van der Waals surface area (Å²) in [6, 6.07) is 0. The maximum atomic E-state index is 4.18. The van der Waals surface area contributed by atoms with Crippen molar-refractivity contribution in [2.45, 2.75) is 24.5 Å². The second-order valence-electron chi connectivity index (χ2n) is 2.75. The van der Waals surface area contributed by atoms with Crippen LogP contribution in [0.3, 0.4) is 0 Å². The topological polar surface area (TPSA) is 25.8 Å². The molecule has 1 aromatic rings. The molecule has 66 valence electrons. The summed E-state index contributed by atoms with van der Waals surface area (Å²) >= 11 is 6.00. The average molecular weight is 312 g/mol. The lowest BCUT2D eigenvalue weighted by atomic mass is 10.2. The molecule has 2 heterocycles. The van der Waals surface area contributed by atoms with Crippen molar-refractivity contribution in [3.05, 3.63) is 8.02 Å². The van der Waals surface area contributed by atoms with Gasteiger partial charge in [-0.2, -0.15) is 11.8 Å². The van der Waals surface area contributed by atoms with Gasteiger partial charge in [0.2, 0.25) is 0 Å². The van der Waals surface area contributed by atoms with E-state index in [0.29, 0.717) is 5.25 Å². The summed E-state index contributed by atoms with van der Waals surface area (Å²) in [4.78, 5) is 0. The van der Waals surface area contributed by atoms with Gasteiger partial charge in [0.1, 0.15) is 5.01 Å². The first-order chi connectivity index (χ1) is 5.86. The Morgan fingerprint density at radius 3 is 2.83 bits per heavy atom. The summed E-state index contributed by atoms with van der Waals surface area (Å²) in [6.07, 6.45) is 4.01. The van der Waals surface area contributed by atoms with E-state index < -0.39 is 0 Å². The van der Waals surface area contributed by atoms with Crippen LogP contribution in [0.1, 0.15) is 29.5 Å². The van der Waals surface area contributed by atoms with Crippen molar-refractivity contribution in [2.24, 2.45) is 0 Å². The van der Waals surface area contributed by atoms with Crippen molar-refractivity contribution in [3.8, 4) is 0 Å². The predicted octanol–water partition coefficient (Wildman–Crippen LogP) is 3.10. The Morgan fingerprint density at radius 2 is 2.25 bits per heavy atom. The van der Waals surface area contributed by atoms with Crippen molar-refractivity contribution >= 4 is 45.7 Å². The van der Waals surface area contributed by atoms with Crippen molar-refractivity contribution in [2.75, 3.05) is 5.75 Å². The van der Waals surface area contributed by atoms with Crippen LogP contribution in [0.25, 0.3) is 0 Å². The van der Waals surface area contributed by atoms with Crippen molar-refractivity contribution in [1.82, 2.24) is 10.2 Å². The minimum atomic E-state index is 0.639. The molecule has 1 aliphatic rings. The maximum absolute atomic E-state index is 4.18. The van der Waals surface area contributed by atoms with Crippen LogP contribution >= 0.6 is 45.7 Å². The molecular weight excluding hydrogens is 303 g/mol. The highest BCUT2D eigenvalue weighted by molar-refractivity contribution is 14.1. The zero-order valence-electron chi connectivity index (χ0n) is 6.49. The maximum Gasteiger partial charge on any atom is 0.178 e. The summed E-state index contributed by atoms with van der Waals surface area (Å²) in [5, 5.41) is 10.1. The first-order valence-corrected chi connectivity index (χ1v) is 6.91. The van der Waals surface area contributed by atoms with Gasteiger partial charge in [-0.25, -0.2) is 0 Å². The fraction of sp³-hybridized carbons (Fsp3) is 0.714. The van der Waals surface area contributed by atoms with Crippen LogP contribution in [0.4, 0.5) is 0 Å². The van der Waals surface area contributed by atoms with Crippen LogP contribution in [0.15, 0.2) is 0 Å². The fourth-order valence-corrected chi connectivity index (χ4v) is 4.18. The lowest BCUT2D eigenvalue weighted by Gasteiger charge is -2.17. The van der Waals surface area contributed by atoms with Crippen LogP contribution < -0.4 is 0 Å². The molecule has 1 aliphatic heterocycles. The molecule has 1 fully saturated rings.